The molecule has 4 nitrogen and oxygen atoms in total. The first kappa shape index (κ1) is 15.4. The van der Waals surface area contributed by atoms with Gasteiger partial charge in [-0.1, -0.05) is 62.4 Å². The number of rotatable bonds is 4. The van der Waals surface area contributed by atoms with Gasteiger partial charge in [-0.15, -0.1) is 10.2 Å². The van der Waals surface area contributed by atoms with Gasteiger partial charge >= 0.3 is 0 Å². The number of benzene rings is 1. The van der Waals surface area contributed by atoms with Crippen LogP contribution in [0.4, 0.5) is 5.13 Å². The van der Waals surface area contributed by atoms with Gasteiger partial charge in [0.15, 0.2) is 0 Å². The van der Waals surface area contributed by atoms with Crippen LogP contribution in [-0.2, 0) is 11.2 Å². The van der Waals surface area contributed by atoms with Crippen LogP contribution in [-0.4, -0.2) is 16.1 Å². The Morgan fingerprint density at radius 3 is 2.62 bits per heavy atom. The summed E-state index contributed by atoms with van der Waals surface area (Å²) in [6, 6.07) is 9.68. The maximum Gasteiger partial charge on any atom is 0.250 e. The second-order valence-electron chi connectivity index (χ2n) is 5.97. The van der Waals surface area contributed by atoms with Crippen LogP contribution in [0, 0.1) is 5.41 Å². The number of aromatic nitrogens is 2. The quantitative estimate of drug-likeness (QED) is 0.874. The predicted molar refractivity (Wildman–Crippen MR) is 87.2 cm³/mol. The summed E-state index contributed by atoms with van der Waals surface area (Å²) in [7, 11) is 0. The molecule has 0 bridgehead atoms. The van der Waals surface area contributed by atoms with Crippen molar-refractivity contribution in [3.05, 3.63) is 47.0 Å². The minimum absolute atomic E-state index is 0.161. The molecule has 0 saturated heterocycles. The number of hydrogen-bond acceptors (Lipinski definition) is 4. The molecule has 0 atom stereocenters. The topological polar surface area (TPSA) is 54.9 Å². The van der Waals surface area contributed by atoms with Crippen molar-refractivity contribution in [1.82, 2.24) is 10.2 Å². The van der Waals surface area contributed by atoms with Crippen LogP contribution >= 0.6 is 11.3 Å². The minimum Gasteiger partial charge on any atom is -0.297 e. The molecule has 1 heterocycles. The molecule has 1 aromatic heterocycles. The highest BCUT2D eigenvalue weighted by Gasteiger charge is 2.15. The van der Waals surface area contributed by atoms with E-state index < -0.39 is 0 Å². The van der Waals surface area contributed by atoms with Gasteiger partial charge in [0.2, 0.25) is 11.0 Å². The molecule has 2 aromatic rings. The van der Waals surface area contributed by atoms with Gasteiger partial charge < -0.3 is 0 Å². The maximum absolute atomic E-state index is 11.8. The fraction of sp³-hybridized carbons (Fsp3) is 0.312. The lowest BCUT2D eigenvalue weighted by atomic mass is 9.93. The summed E-state index contributed by atoms with van der Waals surface area (Å²) in [5.74, 6) is -0.197. The Kier molecular flexibility index (Phi) is 4.85. The maximum atomic E-state index is 11.8. The Morgan fingerprint density at radius 2 is 1.95 bits per heavy atom. The third-order valence-electron chi connectivity index (χ3n) is 2.61. The van der Waals surface area contributed by atoms with Crippen molar-refractivity contribution in [1.29, 1.82) is 0 Å². The highest BCUT2D eigenvalue weighted by Crippen LogP contribution is 2.24. The van der Waals surface area contributed by atoms with Crippen LogP contribution in [0.15, 0.2) is 36.4 Å². The normalized spacial score (nSPS) is 11.8. The largest absolute Gasteiger partial charge is 0.297 e. The molecule has 5 heteroatoms. The molecule has 1 aromatic carbocycles. The molecular weight excluding hydrogens is 282 g/mol. The van der Waals surface area contributed by atoms with E-state index >= 15 is 0 Å². The summed E-state index contributed by atoms with van der Waals surface area (Å²) in [4.78, 5) is 11.8. The highest BCUT2D eigenvalue weighted by atomic mass is 32.1. The molecular formula is C16H19N3OS. The summed E-state index contributed by atoms with van der Waals surface area (Å²) >= 11 is 1.42. The lowest BCUT2D eigenvalue weighted by Crippen LogP contribution is -2.08. The Balaban J connectivity index is 1.93. The highest BCUT2D eigenvalue weighted by molar-refractivity contribution is 7.15. The zero-order valence-electron chi connectivity index (χ0n) is 12.5. The average molecular weight is 301 g/mol. The molecule has 0 aliphatic rings. The molecule has 1 N–H and O–H groups in total. The van der Waals surface area contributed by atoms with E-state index in [2.05, 4.69) is 36.3 Å². The summed E-state index contributed by atoms with van der Waals surface area (Å²) in [6.45, 7) is 6.44. The molecule has 21 heavy (non-hydrogen) atoms. The summed E-state index contributed by atoms with van der Waals surface area (Å²) in [5.41, 5.74) is 1.15. The number of carbonyl (C=O) groups excluding carboxylic acids is 1. The van der Waals surface area contributed by atoms with Crippen molar-refractivity contribution in [2.75, 3.05) is 5.32 Å². The first-order valence-corrected chi connectivity index (χ1v) is 7.60. The first-order chi connectivity index (χ1) is 9.92. The minimum atomic E-state index is -0.197. The van der Waals surface area contributed by atoms with Gasteiger partial charge in [0.05, 0.1) is 0 Å². The molecule has 0 aliphatic heterocycles. The molecule has 110 valence electrons. The number of anilines is 1. The smallest absolute Gasteiger partial charge is 0.250 e. The van der Waals surface area contributed by atoms with Crippen molar-refractivity contribution in [3.8, 4) is 0 Å². The van der Waals surface area contributed by atoms with Crippen molar-refractivity contribution in [2.45, 2.75) is 27.2 Å². The molecule has 2 rings (SSSR count). The Morgan fingerprint density at radius 1 is 1.24 bits per heavy atom. The van der Waals surface area contributed by atoms with E-state index in [9.17, 15) is 4.79 Å². The third kappa shape index (κ3) is 5.47. The standard InChI is InChI=1S/C16H19N3OS/c1-16(2,3)11-14-18-19-15(21-14)17-13(20)10-9-12-7-5-4-6-8-12/h4-10H,11H2,1-3H3,(H,17,19,20). The second-order valence-corrected chi connectivity index (χ2v) is 7.03. The SMILES string of the molecule is CC(C)(C)Cc1nnc(NC(=O)C=Cc2ccccc2)s1. The predicted octanol–water partition coefficient (Wildman–Crippen LogP) is 3.78. The van der Waals surface area contributed by atoms with E-state index in [1.54, 1.807) is 6.08 Å². The molecule has 0 radical (unpaired) electrons. The third-order valence-corrected chi connectivity index (χ3v) is 3.44. The Hall–Kier alpha value is -2.01. The Labute approximate surface area is 128 Å². The van der Waals surface area contributed by atoms with Gasteiger partial charge in [-0.3, -0.25) is 10.1 Å². The van der Waals surface area contributed by atoms with Crippen LogP contribution < -0.4 is 5.32 Å². The monoisotopic (exact) mass is 301 g/mol. The Bertz CT molecular complexity index is 626. The van der Waals surface area contributed by atoms with E-state index in [0.717, 1.165) is 17.0 Å². The van der Waals surface area contributed by atoms with E-state index in [1.807, 2.05) is 30.3 Å². The van der Waals surface area contributed by atoms with Crippen LogP contribution in [0.2, 0.25) is 0 Å². The summed E-state index contributed by atoms with van der Waals surface area (Å²) < 4.78 is 0. The summed E-state index contributed by atoms with van der Waals surface area (Å²) in [6.07, 6.45) is 4.12. The van der Waals surface area contributed by atoms with Crippen LogP contribution in [0.3, 0.4) is 0 Å². The van der Waals surface area contributed by atoms with Gasteiger partial charge in [-0.05, 0) is 17.1 Å². The average Bonchev–Trinajstić information content (AvgIpc) is 2.82. The molecule has 0 unspecified atom stereocenters. The number of carbonyl (C=O) groups is 1. The fourth-order valence-corrected chi connectivity index (χ4v) is 2.76. The number of hydrogen-bond donors (Lipinski definition) is 1. The zero-order chi connectivity index (χ0) is 15.3. The second kappa shape index (κ2) is 6.63. The number of nitrogens with one attached hydrogen (secondary N) is 1. The van der Waals surface area contributed by atoms with E-state index in [0.29, 0.717) is 5.13 Å². The van der Waals surface area contributed by atoms with Gasteiger partial charge in [-0.25, -0.2) is 0 Å². The van der Waals surface area contributed by atoms with Gasteiger partial charge in [-0.2, -0.15) is 0 Å². The van der Waals surface area contributed by atoms with Crippen LogP contribution in [0.5, 0.6) is 0 Å². The molecule has 0 spiro atoms. The first-order valence-electron chi connectivity index (χ1n) is 6.79. The summed E-state index contributed by atoms with van der Waals surface area (Å²) in [5, 5.41) is 12.3. The van der Waals surface area contributed by atoms with E-state index in [4.69, 9.17) is 0 Å². The molecule has 0 aliphatic carbocycles. The fourth-order valence-electron chi connectivity index (χ4n) is 1.71. The van der Waals surface area contributed by atoms with Gasteiger partial charge in [0, 0.05) is 12.5 Å². The van der Waals surface area contributed by atoms with Crippen molar-refractivity contribution >= 4 is 28.5 Å². The lowest BCUT2D eigenvalue weighted by Gasteiger charge is -2.14. The van der Waals surface area contributed by atoms with E-state index in [1.165, 1.54) is 17.4 Å². The number of nitrogens with zero attached hydrogens (tertiary/aromatic N) is 2. The molecule has 1 amide bonds. The molecule has 0 saturated carbocycles. The van der Waals surface area contributed by atoms with Crippen molar-refractivity contribution in [3.63, 3.8) is 0 Å². The van der Waals surface area contributed by atoms with Crippen molar-refractivity contribution < 1.29 is 4.79 Å². The van der Waals surface area contributed by atoms with E-state index in [-0.39, 0.29) is 11.3 Å². The van der Waals surface area contributed by atoms with Crippen LogP contribution in [0.1, 0.15) is 31.3 Å². The zero-order valence-corrected chi connectivity index (χ0v) is 13.3. The van der Waals surface area contributed by atoms with Gasteiger partial charge in [0.1, 0.15) is 5.01 Å². The molecule has 0 fully saturated rings. The lowest BCUT2D eigenvalue weighted by molar-refractivity contribution is -0.111. The van der Waals surface area contributed by atoms with Crippen LogP contribution in [0.25, 0.3) is 6.08 Å². The van der Waals surface area contributed by atoms with Gasteiger partial charge in [0.25, 0.3) is 0 Å². The number of amides is 1. The van der Waals surface area contributed by atoms with Crippen molar-refractivity contribution in [2.24, 2.45) is 5.41 Å².